The lowest BCUT2D eigenvalue weighted by atomic mass is 9.77. The highest BCUT2D eigenvalue weighted by Crippen LogP contribution is 2.37. The van der Waals surface area contributed by atoms with E-state index < -0.39 is 11.9 Å². The monoisotopic (exact) mass is 251 g/mol. The molecule has 1 aromatic rings. The molecule has 18 heavy (non-hydrogen) atoms. The number of halogens is 1. The Labute approximate surface area is 115 Å². The number of hydrogen-bond acceptors (Lipinski definition) is 0. The molecule has 1 aromatic carbocycles. The van der Waals surface area contributed by atoms with Crippen LogP contribution in [0.5, 0.6) is 0 Å². The molecule has 0 heterocycles. The summed E-state index contributed by atoms with van der Waals surface area (Å²) >= 11 is 0. The largest absolute Gasteiger partial charge is 0.207 e. The van der Waals surface area contributed by atoms with E-state index in [0.717, 1.165) is 31.6 Å². The van der Waals surface area contributed by atoms with Crippen molar-refractivity contribution in [2.45, 2.75) is 64.2 Å². The van der Waals surface area contributed by atoms with Gasteiger partial charge in [0.15, 0.2) is 0 Å². The molecule has 1 heteroatoms. The predicted molar refractivity (Wildman–Crippen MR) is 75.2 cm³/mol. The van der Waals surface area contributed by atoms with Crippen LogP contribution in [0.1, 0.15) is 73.9 Å². The zero-order chi connectivity index (χ0) is 15.4. The standard InChI is InChI=1S/C17H25F/c1-2-3-4-5-14-6-8-15(9-7-14)16-10-12-17(18)13-11-16/h10-15H,2-9H2,1H3/i10D,12D,13D. The van der Waals surface area contributed by atoms with Crippen LogP contribution in [0.2, 0.25) is 0 Å². The average molecular weight is 251 g/mol. The highest BCUT2D eigenvalue weighted by molar-refractivity contribution is 5.20. The summed E-state index contributed by atoms with van der Waals surface area (Å²) in [6.07, 6.45) is 9.49. The Morgan fingerprint density at radius 1 is 1.17 bits per heavy atom. The quantitative estimate of drug-likeness (QED) is 0.591. The van der Waals surface area contributed by atoms with Crippen molar-refractivity contribution < 1.29 is 8.50 Å². The molecule has 0 radical (unpaired) electrons. The van der Waals surface area contributed by atoms with Crippen LogP contribution < -0.4 is 0 Å². The molecule has 0 unspecified atom stereocenters. The molecule has 0 saturated heterocycles. The number of rotatable bonds is 5. The first-order valence-electron chi connectivity index (χ1n) is 8.80. The summed E-state index contributed by atoms with van der Waals surface area (Å²) in [6.45, 7) is 2.22. The minimum Gasteiger partial charge on any atom is -0.207 e. The number of unbranched alkanes of at least 4 members (excludes halogenated alkanes) is 2. The molecule has 1 saturated carbocycles. The van der Waals surface area contributed by atoms with Crippen molar-refractivity contribution in [3.05, 3.63) is 35.6 Å². The third kappa shape index (κ3) is 3.83. The van der Waals surface area contributed by atoms with Crippen LogP contribution in [0.4, 0.5) is 4.39 Å². The van der Waals surface area contributed by atoms with Gasteiger partial charge in [0, 0.05) is 0 Å². The van der Waals surface area contributed by atoms with E-state index in [2.05, 4.69) is 6.92 Å². The zero-order valence-corrected chi connectivity index (χ0v) is 11.3. The first-order valence-corrected chi connectivity index (χ1v) is 7.30. The summed E-state index contributed by atoms with van der Waals surface area (Å²) in [5, 5.41) is 0. The van der Waals surface area contributed by atoms with Gasteiger partial charge in [0.1, 0.15) is 5.82 Å². The van der Waals surface area contributed by atoms with E-state index in [-0.39, 0.29) is 18.0 Å². The van der Waals surface area contributed by atoms with Crippen LogP contribution in [0.3, 0.4) is 0 Å². The van der Waals surface area contributed by atoms with Crippen molar-refractivity contribution in [1.29, 1.82) is 0 Å². The van der Waals surface area contributed by atoms with Crippen molar-refractivity contribution in [1.82, 2.24) is 0 Å². The molecule has 0 aromatic heterocycles. The topological polar surface area (TPSA) is 0 Å². The molecule has 0 N–H and O–H groups in total. The molecule has 1 fully saturated rings. The van der Waals surface area contributed by atoms with Crippen LogP contribution in [-0.2, 0) is 0 Å². The predicted octanol–water partition coefficient (Wildman–Crippen LogP) is 5.68. The first kappa shape index (κ1) is 10.00. The van der Waals surface area contributed by atoms with Crippen LogP contribution >= 0.6 is 0 Å². The molecule has 0 spiro atoms. The summed E-state index contributed by atoms with van der Waals surface area (Å²) in [6, 6.07) is 0.800. The zero-order valence-electron chi connectivity index (χ0n) is 14.3. The van der Waals surface area contributed by atoms with E-state index in [1.807, 2.05) is 0 Å². The summed E-state index contributed by atoms with van der Waals surface area (Å²) < 4.78 is 36.6. The fraction of sp³-hybridized carbons (Fsp3) is 0.647. The Bertz CT molecular complexity index is 479. The van der Waals surface area contributed by atoms with Crippen molar-refractivity contribution in [3.8, 4) is 0 Å². The fourth-order valence-corrected chi connectivity index (χ4v) is 3.01. The van der Waals surface area contributed by atoms with Gasteiger partial charge >= 0.3 is 0 Å². The number of hydrogen-bond donors (Lipinski definition) is 0. The molecule has 0 aliphatic heterocycles. The van der Waals surface area contributed by atoms with Crippen LogP contribution in [-0.4, -0.2) is 0 Å². The first-order chi connectivity index (χ1) is 10.0. The fourth-order valence-electron chi connectivity index (χ4n) is 3.01. The Kier molecular flexibility index (Phi) is 3.84. The second-order valence-electron chi connectivity index (χ2n) is 5.52. The third-order valence-corrected chi connectivity index (χ3v) is 4.17. The minimum atomic E-state index is -0.864. The maximum atomic E-state index is 13.5. The van der Waals surface area contributed by atoms with E-state index in [4.69, 9.17) is 4.11 Å². The Morgan fingerprint density at radius 3 is 2.67 bits per heavy atom. The smallest absolute Gasteiger partial charge is 0.123 e. The van der Waals surface area contributed by atoms with Gasteiger partial charge in [-0.1, -0.05) is 44.7 Å². The molecule has 0 nitrogen and oxygen atoms in total. The SMILES string of the molecule is [2H]c1cc(C2CCC(CCCCC)CC2)c([2H])c([2H])c1F. The van der Waals surface area contributed by atoms with E-state index in [1.165, 1.54) is 31.7 Å². The van der Waals surface area contributed by atoms with Crippen molar-refractivity contribution in [3.63, 3.8) is 0 Å². The lowest BCUT2D eigenvalue weighted by Gasteiger charge is -2.28. The summed E-state index contributed by atoms with van der Waals surface area (Å²) in [5.41, 5.74) is 0.707. The summed E-state index contributed by atoms with van der Waals surface area (Å²) in [7, 11) is 0. The molecule has 1 aliphatic rings. The van der Waals surface area contributed by atoms with Gasteiger partial charge in [0.25, 0.3) is 0 Å². The molecular weight excluding hydrogens is 223 g/mol. The Hall–Kier alpha value is -0.850. The van der Waals surface area contributed by atoms with E-state index in [9.17, 15) is 4.39 Å². The molecule has 0 atom stereocenters. The van der Waals surface area contributed by atoms with Gasteiger partial charge in [0.2, 0.25) is 0 Å². The average Bonchev–Trinajstić information content (AvgIpc) is 2.50. The van der Waals surface area contributed by atoms with E-state index >= 15 is 0 Å². The third-order valence-electron chi connectivity index (χ3n) is 4.17. The molecule has 100 valence electrons. The van der Waals surface area contributed by atoms with Crippen molar-refractivity contribution in [2.24, 2.45) is 5.92 Å². The Morgan fingerprint density at radius 2 is 1.94 bits per heavy atom. The number of benzene rings is 1. The normalized spacial score (nSPS) is 26.4. The van der Waals surface area contributed by atoms with Crippen molar-refractivity contribution >= 4 is 0 Å². The van der Waals surface area contributed by atoms with Crippen LogP contribution in [0.25, 0.3) is 0 Å². The Balaban J connectivity index is 1.99. The lowest BCUT2D eigenvalue weighted by Crippen LogP contribution is -2.13. The summed E-state index contributed by atoms with van der Waals surface area (Å²) in [5.74, 6) is 0.152. The van der Waals surface area contributed by atoms with Crippen LogP contribution in [0.15, 0.2) is 24.2 Å². The molecular formula is C17H25F. The van der Waals surface area contributed by atoms with Gasteiger partial charge in [-0.25, -0.2) is 4.39 Å². The van der Waals surface area contributed by atoms with Gasteiger partial charge in [-0.05, 0) is 55.2 Å². The molecule has 2 rings (SSSR count). The molecule has 0 bridgehead atoms. The van der Waals surface area contributed by atoms with Gasteiger partial charge in [-0.15, -0.1) is 0 Å². The van der Waals surface area contributed by atoms with Crippen molar-refractivity contribution in [2.75, 3.05) is 0 Å². The highest BCUT2D eigenvalue weighted by Gasteiger charge is 2.21. The van der Waals surface area contributed by atoms with Gasteiger partial charge in [-0.2, -0.15) is 0 Å². The van der Waals surface area contributed by atoms with E-state index in [1.54, 1.807) is 0 Å². The molecule has 0 amide bonds. The van der Waals surface area contributed by atoms with E-state index in [0.29, 0.717) is 5.56 Å². The van der Waals surface area contributed by atoms with Gasteiger partial charge in [0.05, 0.1) is 4.11 Å². The second kappa shape index (κ2) is 6.92. The van der Waals surface area contributed by atoms with Gasteiger partial charge < -0.3 is 0 Å². The molecule has 1 aliphatic carbocycles. The minimum absolute atomic E-state index is 0.0158. The van der Waals surface area contributed by atoms with Gasteiger partial charge in [-0.3, -0.25) is 0 Å². The maximum Gasteiger partial charge on any atom is 0.123 e. The van der Waals surface area contributed by atoms with Crippen LogP contribution in [0, 0.1) is 11.7 Å². The lowest BCUT2D eigenvalue weighted by molar-refractivity contribution is 0.302. The maximum absolute atomic E-state index is 13.5. The highest BCUT2D eigenvalue weighted by atomic mass is 19.1. The summed E-state index contributed by atoms with van der Waals surface area (Å²) in [4.78, 5) is 0. The second-order valence-corrected chi connectivity index (χ2v) is 5.52.